The second kappa shape index (κ2) is 7.40. The summed E-state index contributed by atoms with van der Waals surface area (Å²) in [7, 11) is 0. The van der Waals surface area contributed by atoms with Crippen molar-refractivity contribution in [2.24, 2.45) is 0 Å². The first kappa shape index (κ1) is 17.5. The normalized spacial score (nSPS) is 16.6. The molecule has 0 aliphatic carbocycles. The van der Waals surface area contributed by atoms with Crippen LogP contribution in [0.2, 0.25) is 0 Å². The van der Waals surface area contributed by atoms with Crippen molar-refractivity contribution in [1.82, 2.24) is 5.32 Å². The average molecular weight is 381 g/mol. The fraction of sp³-hybridized carbons (Fsp3) is 0.143. The van der Waals surface area contributed by atoms with Crippen molar-refractivity contribution in [2.45, 2.75) is 18.3 Å². The van der Waals surface area contributed by atoms with Crippen molar-refractivity contribution in [3.8, 4) is 5.75 Å². The second-order valence-corrected chi connectivity index (χ2v) is 7.49. The van der Waals surface area contributed by atoms with Crippen LogP contribution >= 0.6 is 11.8 Å². The van der Waals surface area contributed by atoms with Crippen LogP contribution in [-0.2, 0) is 17.8 Å². The Morgan fingerprint density at radius 2 is 1.78 bits per heavy atom. The van der Waals surface area contributed by atoms with Gasteiger partial charge in [-0.15, -0.1) is 0 Å². The minimum absolute atomic E-state index is 0.165. The van der Waals surface area contributed by atoms with E-state index in [0.29, 0.717) is 17.7 Å². The van der Waals surface area contributed by atoms with E-state index in [1.54, 1.807) is 18.2 Å². The highest BCUT2D eigenvalue weighted by atomic mass is 32.2. The number of thioether (sulfide) groups is 1. The van der Waals surface area contributed by atoms with Gasteiger partial charge in [0.1, 0.15) is 18.2 Å². The van der Waals surface area contributed by atoms with Crippen molar-refractivity contribution >= 4 is 33.7 Å². The molecule has 1 N–H and O–H groups in total. The van der Waals surface area contributed by atoms with Crippen LogP contribution in [-0.4, -0.2) is 16.4 Å². The number of hydrogen-bond acceptors (Lipinski definition) is 4. The summed E-state index contributed by atoms with van der Waals surface area (Å²) < 4.78 is 19.4. The van der Waals surface area contributed by atoms with Crippen LogP contribution in [0.4, 0.5) is 9.18 Å². The van der Waals surface area contributed by atoms with E-state index in [1.165, 1.54) is 6.07 Å². The highest BCUT2D eigenvalue weighted by Crippen LogP contribution is 2.27. The van der Waals surface area contributed by atoms with E-state index in [0.717, 1.165) is 28.1 Å². The monoisotopic (exact) mass is 381 g/mol. The van der Waals surface area contributed by atoms with Gasteiger partial charge in [-0.1, -0.05) is 54.2 Å². The number of imide groups is 1. The van der Waals surface area contributed by atoms with Crippen molar-refractivity contribution in [2.75, 3.05) is 0 Å². The van der Waals surface area contributed by atoms with Crippen LogP contribution in [0.25, 0.3) is 10.8 Å². The third-order valence-corrected chi connectivity index (χ3v) is 5.40. The zero-order chi connectivity index (χ0) is 18.8. The fourth-order valence-corrected chi connectivity index (χ4v) is 3.87. The van der Waals surface area contributed by atoms with Crippen LogP contribution in [0.5, 0.6) is 5.75 Å². The number of carbonyl (C=O) groups is 2. The summed E-state index contributed by atoms with van der Waals surface area (Å²) in [6, 6.07) is 18.1. The molecule has 4 rings (SSSR count). The smallest absolute Gasteiger partial charge is 0.286 e. The molecule has 2 amide bonds. The van der Waals surface area contributed by atoms with E-state index in [2.05, 4.69) is 5.32 Å². The molecule has 1 aliphatic rings. The summed E-state index contributed by atoms with van der Waals surface area (Å²) in [5.41, 5.74) is 1.50. The first-order valence-corrected chi connectivity index (χ1v) is 9.37. The minimum Gasteiger partial charge on any atom is -0.489 e. The first-order valence-electron chi connectivity index (χ1n) is 8.49. The maximum atomic E-state index is 13.7. The summed E-state index contributed by atoms with van der Waals surface area (Å²) in [4.78, 5) is 23.0. The van der Waals surface area contributed by atoms with Crippen molar-refractivity contribution < 1.29 is 18.7 Å². The third kappa shape index (κ3) is 3.95. The predicted molar refractivity (Wildman–Crippen MR) is 103 cm³/mol. The zero-order valence-electron chi connectivity index (χ0n) is 14.3. The van der Waals surface area contributed by atoms with Crippen molar-refractivity contribution in [1.29, 1.82) is 0 Å². The molecule has 6 heteroatoms. The van der Waals surface area contributed by atoms with Gasteiger partial charge in [-0.2, -0.15) is 0 Å². The molecule has 27 heavy (non-hydrogen) atoms. The predicted octanol–water partition coefficient (Wildman–Crippen LogP) is 4.45. The van der Waals surface area contributed by atoms with E-state index in [9.17, 15) is 14.0 Å². The second-order valence-electron chi connectivity index (χ2n) is 6.31. The molecule has 0 bridgehead atoms. The minimum atomic E-state index is -0.377. The van der Waals surface area contributed by atoms with E-state index in [1.807, 2.05) is 36.4 Å². The van der Waals surface area contributed by atoms with Crippen LogP contribution < -0.4 is 10.1 Å². The number of rotatable bonds is 5. The van der Waals surface area contributed by atoms with Gasteiger partial charge in [0, 0.05) is 5.56 Å². The number of halogens is 1. The maximum Gasteiger partial charge on any atom is 0.286 e. The molecule has 1 heterocycles. The number of ether oxygens (including phenoxy) is 1. The molecule has 136 valence electrons. The topological polar surface area (TPSA) is 55.4 Å². The highest BCUT2D eigenvalue weighted by Gasteiger charge is 2.31. The molecular formula is C21H16FNO3S. The zero-order valence-corrected chi connectivity index (χ0v) is 15.1. The molecule has 3 aromatic rings. The fourth-order valence-electron chi connectivity index (χ4n) is 3.01. The Labute approximate surface area is 159 Å². The van der Waals surface area contributed by atoms with Crippen molar-refractivity contribution in [3.05, 3.63) is 77.6 Å². The Morgan fingerprint density at radius 3 is 2.56 bits per heavy atom. The molecule has 1 aliphatic heterocycles. The molecule has 3 aromatic carbocycles. The molecule has 0 unspecified atom stereocenters. The molecule has 0 saturated carbocycles. The summed E-state index contributed by atoms with van der Waals surface area (Å²) >= 11 is 1.03. The van der Waals surface area contributed by atoms with E-state index in [4.69, 9.17) is 4.74 Å². The Kier molecular flexibility index (Phi) is 4.81. The van der Waals surface area contributed by atoms with E-state index in [-0.39, 0.29) is 28.8 Å². The van der Waals surface area contributed by atoms with Crippen LogP contribution in [0, 0.1) is 5.82 Å². The average Bonchev–Trinajstić information content (AvgIpc) is 2.98. The molecule has 0 spiro atoms. The first-order chi connectivity index (χ1) is 13.1. The number of hydrogen-bond donors (Lipinski definition) is 1. The number of carbonyl (C=O) groups excluding carboxylic acids is 2. The maximum absolute atomic E-state index is 13.7. The number of fused-ring (bicyclic) bond motifs is 1. The van der Waals surface area contributed by atoms with Gasteiger partial charge in [0.25, 0.3) is 5.24 Å². The lowest BCUT2D eigenvalue weighted by atomic mass is 10.0. The molecule has 4 nitrogen and oxygen atoms in total. The third-order valence-electron chi connectivity index (χ3n) is 4.42. The lowest BCUT2D eigenvalue weighted by Gasteiger charge is -2.10. The highest BCUT2D eigenvalue weighted by molar-refractivity contribution is 8.15. The Morgan fingerprint density at radius 1 is 1.00 bits per heavy atom. The van der Waals surface area contributed by atoms with Gasteiger partial charge >= 0.3 is 0 Å². The standard InChI is InChI=1S/C21H16FNO3S/c22-18-4-2-1-3-16(18)12-26-17-8-7-14-9-13(5-6-15(14)11-17)10-19-20(24)23-21(25)27-19/h1-9,11,19H,10,12H2,(H,23,24,25)/t19-/m1/s1. The number of amides is 2. The van der Waals surface area contributed by atoms with Crippen molar-refractivity contribution in [3.63, 3.8) is 0 Å². The Balaban J connectivity index is 1.48. The number of benzene rings is 3. The van der Waals surface area contributed by atoms with Crippen LogP contribution in [0.3, 0.4) is 0 Å². The quantitative estimate of drug-likeness (QED) is 0.709. The summed E-state index contributed by atoms with van der Waals surface area (Å²) in [5.74, 6) is 0.145. The SMILES string of the molecule is O=C1NC(=O)[C@@H](Cc2ccc3cc(OCc4ccccc4F)ccc3c2)S1. The molecule has 1 fully saturated rings. The van der Waals surface area contributed by atoms with Gasteiger partial charge in [0.15, 0.2) is 0 Å². The Hall–Kier alpha value is -2.86. The number of nitrogens with one attached hydrogen (secondary N) is 1. The molecule has 1 saturated heterocycles. The molecule has 0 radical (unpaired) electrons. The summed E-state index contributed by atoms with van der Waals surface area (Å²) in [6.45, 7) is 0.165. The van der Waals surface area contributed by atoms with Crippen LogP contribution in [0.1, 0.15) is 11.1 Å². The van der Waals surface area contributed by atoms with Gasteiger partial charge in [0.05, 0.1) is 5.25 Å². The van der Waals surface area contributed by atoms with Crippen LogP contribution in [0.15, 0.2) is 60.7 Å². The molecule has 1 atom stereocenters. The van der Waals surface area contributed by atoms with E-state index >= 15 is 0 Å². The lowest BCUT2D eigenvalue weighted by Crippen LogP contribution is -2.25. The Bertz CT molecular complexity index is 1040. The summed E-state index contributed by atoms with van der Waals surface area (Å²) in [5, 5.41) is 3.64. The summed E-state index contributed by atoms with van der Waals surface area (Å²) in [6.07, 6.45) is 0.504. The molecule has 0 aromatic heterocycles. The lowest BCUT2D eigenvalue weighted by molar-refractivity contribution is -0.118. The van der Waals surface area contributed by atoms with Gasteiger partial charge in [-0.25, -0.2) is 4.39 Å². The molecular weight excluding hydrogens is 365 g/mol. The largest absolute Gasteiger partial charge is 0.489 e. The van der Waals surface area contributed by atoms with Gasteiger partial charge in [0.2, 0.25) is 5.91 Å². The van der Waals surface area contributed by atoms with Gasteiger partial charge in [-0.3, -0.25) is 14.9 Å². The van der Waals surface area contributed by atoms with E-state index < -0.39 is 0 Å². The van der Waals surface area contributed by atoms with Gasteiger partial charge in [-0.05, 0) is 41.0 Å². The van der Waals surface area contributed by atoms with Gasteiger partial charge < -0.3 is 4.74 Å².